The molecule has 1 rings (SSSR count). The Balaban J connectivity index is 3.01. The molecule has 5 heteroatoms. The second kappa shape index (κ2) is 8.72. The SMILES string of the molecule is COCCN(CC(C)C)C(CN)c1cc(F)ccc1Br. The lowest BCUT2D eigenvalue weighted by atomic mass is 10.0. The molecule has 0 aliphatic carbocycles. The normalized spacial score (nSPS) is 13.2. The summed E-state index contributed by atoms with van der Waals surface area (Å²) >= 11 is 3.49. The van der Waals surface area contributed by atoms with E-state index < -0.39 is 0 Å². The van der Waals surface area contributed by atoms with Gasteiger partial charge >= 0.3 is 0 Å². The average Bonchev–Trinajstić information content (AvgIpc) is 2.40. The number of benzene rings is 1. The number of nitrogens with zero attached hydrogens (tertiary/aromatic N) is 1. The predicted molar refractivity (Wildman–Crippen MR) is 84.2 cm³/mol. The van der Waals surface area contributed by atoms with Gasteiger partial charge in [0.05, 0.1) is 6.61 Å². The molecule has 0 fully saturated rings. The number of ether oxygens (including phenoxy) is 1. The van der Waals surface area contributed by atoms with Crippen LogP contribution in [0.5, 0.6) is 0 Å². The third-order valence-corrected chi connectivity index (χ3v) is 3.89. The Morgan fingerprint density at radius 1 is 1.40 bits per heavy atom. The van der Waals surface area contributed by atoms with Crippen LogP contribution in [0.25, 0.3) is 0 Å². The van der Waals surface area contributed by atoms with Gasteiger partial charge in [-0.1, -0.05) is 29.8 Å². The molecule has 114 valence electrons. The molecule has 0 heterocycles. The molecular formula is C15H24BrFN2O. The van der Waals surface area contributed by atoms with Gasteiger partial charge in [-0.2, -0.15) is 0 Å². The van der Waals surface area contributed by atoms with Crippen molar-refractivity contribution in [2.24, 2.45) is 11.7 Å². The maximum atomic E-state index is 13.5. The van der Waals surface area contributed by atoms with Gasteiger partial charge in [0, 0.05) is 37.3 Å². The van der Waals surface area contributed by atoms with Crippen LogP contribution in [-0.2, 0) is 4.74 Å². The molecule has 0 aromatic heterocycles. The number of halogens is 2. The van der Waals surface area contributed by atoms with E-state index in [2.05, 4.69) is 34.7 Å². The standard InChI is InChI=1S/C15H24BrFN2O/c1-11(2)10-19(6-7-20-3)15(9-18)13-8-12(17)4-5-14(13)16/h4-5,8,11,15H,6-7,9-10,18H2,1-3H3. The van der Waals surface area contributed by atoms with E-state index in [0.29, 0.717) is 19.1 Å². The smallest absolute Gasteiger partial charge is 0.123 e. The summed E-state index contributed by atoms with van der Waals surface area (Å²) in [6, 6.07) is 4.72. The highest BCUT2D eigenvalue weighted by Gasteiger charge is 2.22. The van der Waals surface area contributed by atoms with Crippen molar-refractivity contribution in [2.75, 3.05) is 33.4 Å². The van der Waals surface area contributed by atoms with Crippen molar-refractivity contribution in [1.29, 1.82) is 0 Å². The zero-order valence-corrected chi connectivity index (χ0v) is 14.0. The van der Waals surface area contributed by atoms with Crippen LogP contribution < -0.4 is 5.73 Å². The summed E-state index contributed by atoms with van der Waals surface area (Å²) in [5.41, 5.74) is 6.84. The van der Waals surface area contributed by atoms with E-state index in [4.69, 9.17) is 10.5 Å². The molecule has 0 aliphatic rings. The first-order valence-electron chi connectivity index (χ1n) is 6.87. The highest BCUT2D eigenvalue weighted by molar-refractivity contribution is 9.10. The topological polar surface area (TPSA) is 38.5 Å². The summed E-state index contributed by atoms with van der Waals surface area (Å²) < 4.78 is 19.6. The molecule has 2 N–H and O–H groups in total. The second-order valence-corrected chi connectivity index (χ2v) is 6.15. The largest absolute Gasteiger partial charge is 0.383 e. The Morgan fingerprint density at radius 3 is 2.65 bits per heavy atom. The first kappa shape index (κ1) is 17.6. The van der Waals surface area contributed by atoms with E-state index in [1.54, 1.807) is 19.2 Å². The average molecular weight is 347 g/mol. The molecule has 1 atom stereocenters. The zero-order valence-electron chi connectivity index (χ0n) is 12.4. The van der Waals surface area contributed by atoms with E-state index in [0.717, 1.165) is 23.1 Å². The summed E-state index contributed by atoms with van der Waals surface area (Å²) in [6.07, 6.45) is 0. The lowest BCUT2D eigenvalue weighted by molar-refractivity contribution is 0.111. The van der Waals surface area contributed by atoms with Gasteiger partial charge in [-0.25, -0.2) is 4.39 Å². The number of nitrogens with two attached hydrogens (primary N) is 1. The fourth-order valence-corrected chi connectivity index (χ4v) is 2.81. The van der Waals surface area contributed by atoms with Crippen LogP contribution >= 0.6 is 15.9 Å². The minimum absolute atomic E-state index is 0.0161. The van der Waals surface area contributed by atoms with Gasteiger partial charge in [0.2, 0.25) is 0 Å². The number of methoxy groups -OCH3 is 1. The minimum Gasteiger partial charge on any atom is -0.383 e. The molecule has 0 saturated heterocycles. The Kier molecular flexibility index (Phi) is 7.66. The van der Waals surface area contributed by atoms with Crippen LogP contribution in [0.2, 0.25) is 0 Å². The van der Waals surface area contributed by atoms with Crippen LogP contribution in [0.3, 0.4) is 0 Å². The van der Waals surface area contributed by atoms with E-state index in [1.165, 1.54) is 6.07 Å². The fraction of sp³-hybridized carbons (Fsp3) is 0.600. The van der Waals surface area contributed by atoms with Crippen LogP contribution in [0, 0.1) is 11.7 Å². The third kappa shape index (κ3) is 5.13. The first-order valence-corrected chi connectivity index (χ1v) is 7.66. The van der Waals surface area contributed by atoms with Gasteiger partial charge < -0.3 is 10.5 Å². The molecule has 0 aliphatic heterocycles. The lowest BCUT2D eigenvalue weighted by Crippen LogP contribution is -2.38. The van der Waals surface area contributed by atoms with Crippen LogP contribution in [0.1, 0.15) is 25.5 Å². The highest BCUT2D eigenvalue weighted by atomic mass is 79.9. The van der Waals surface area contributed by atoms with Gasteiger partial charge in [-0.15, -0.1) is 0 Å². The molecule has 3 nitrogen and oxygen atoms in total. The van der Waals surface area contributed by atoms with Gasteiger partial charge in [0.15, 0.2) is 0 Å². The summed E-state index contributed by atoms with van der Waals surface area (Å²) in [5, 5.41) is 0. The Bertz CT molecular complexity index is 415. The molecule has 0 saturated carbocycles. The van der Waals surface area contributed by atoms with E-state index >= 15 is 0 Å². The summed E-state index contributed by atoms with van der Waals surface area (Å²) in [7, 11) is 1.68. The predicted octanol–water partition coefficient (Wildman–Crippen LogP) is 3.19. The van der Waals surface area contributed by atoms with Crippen molar-refractivity contribution in [1.82, 2.24) is 4.90 Å². The number of hydrogen-bond acceptors (Lipinski definition) is 3. The monoisotopic (exact) mass is 346 g/mol. The van der Waals surface area contributed by atoms with Crippen molar-refractivity contribution in [2.45, 2.75) is 19.9 Å². The van der Waals surface area contributed by atoms with Crippen molar-refractivity contribution in [3.8, 4) is 0 Å². The number of hydrogen-bond donors (Lipinski definition) is 1. The molecule has 1 unspecified atom stereocenters. The zero-order chi connectivity index (χ0) is 15.1. The number of rotatable bonds is 8. The summed E-state index contributed by atoms with van der Waals surface area (Å²) in [4.78, 5) is 2.26. The van der Waals surface area contributed by atoms with E-state index in [9.17, 15) is 4.39 Å². The summed E-state index contributed by atoms with van der Waals surface area (Å²) in [6.45, 7) is 7.07. The molecule has 1 aromatic rings. The van der Waals surface area contributed by atoms with Crippen LogP contribution in [0.15, 0.2) is 22.7 Å². The Labute approximate surface area is 129 Å². The minimum atomic E-state index is -0.238. The third-order valence-electron chi connectivity index (χ3n) is 3.16. The fourth-order valence-electron chi connectivity index (χ4n) is 2.29. The van der Waals surface area contributed by atoms with Gasteiger partial charge in [0.1, 0.15) is 5.82 Å². The maximum absolute atomic E-state index is 13.5. The van der Waals surface area contributed by atoms with Crippen molar-refractivity contribution in [3.63, 3.8) is 0 Å². The maximum Gasteiger partial charge on any atom is 0.123 e. The van der Waals surface area contributed by atoms with Crippen LogP contribution in [0.4, 0.5) is 4.39 Å². The molecular weight excluding hydrogens is 323 g/mol. The second-order valence-electron chi connectivity index (χ2n) is 5.30. The van der Waals surface area contributed by atoms with Crippen LogP contribution in [-0.4, -0.2) is 38.3 Å². The van der Waals surface area contributed by atoms with Gasteiger partial charge in [-0.05, 0) is 29.7 Å². The van der Waals surface area contributed by atoms with Gasteiger partial charge in [0.25, 0.3) is 0 Å². The van der Waals surface area contributed by atoms with E-state index in [1.807, 2.05) is 0 Å². The van der Waals surface area contributed by atoms with Crippen molar-refractivity contribution >= 4 is 15.9 Å². The quantitative estimate of drug-likeness (QED) is 0.785. The first-order chi connectivity index (χ1) is 9.49. The van der Waals surface area contributed by atoms with Crippen molar-refractivity contribution in [3.05, 3.63) is 34.1 Å². The molecule has 0 spiro atoms. The lowest BCUT2D eigenvalue weighted by Gasteiger charge is -2.33. The Hall–Kier alpha value is -0.490. The molecule has 0 bridgehead atoms. The van der Waals surface area contributed by atoms with Gasteiger partial charge in [-0.3, -0.25) is 4.90 Å². The Morgan fingerprint density at radius 2 is 2.10 bits per heavy atom. The van der Waals surface area contributed by atoms with Crippen molar-refractivity contribution < 1.29 is 9.13 Å². The summed E-state index contributed by atoms with van der Waals surface area (Å²) in [5.74, 6) is 0.270. The molecule has 0 radical (unpaired) electrons. The molecule has 20 heavy (non-hydrogen) atoms. The highest BCUT2D eigenvalue weighted by Crippen LogP contribution is 2.28. The molecule has 1 aromatic carbocycles. The van der Waals surface area contributed by atoms with E-state index in [-0.39, 0.29) is 11.9 Å². The molecule has 0 amide bonds.